The molecule has 0 bridgehead atoms. The standard InChI is InChI=1S/C17H22FN3O2/c1-4-9-23-17-14(12(2)20-21(17)3)10-19-11-16(22)13-7-5-6-8-15(13)18/h4-8,16,19,22H,1,9-11H2,2-3H3. The van der Waals surface area contributed by atoms with Crippen LogP contribution >= 0.6 is 0 Å². The fourth-order valence-electron chi connectivity index (χ4n) is 2.39. The van der Waals surface area contributed by atoms with Crippen molar-refractivity contribution in [3.05, 3.63) is 59.6 Å². The Morgan fingerprint density at radius 3 is 2.91 bits per heavy atom. The van der Waals surface area contributed by atoms with Crippen LogP contribution in [0.3, 0.4) is 0 Å². The van der Waals surface area contributed by atoms with Crippen LogP contribution in [0.1, 0.15) is 22.9 Å². The van der Waals surface area contributed by atoms with Gasteiger partial charge in [-0.2, -0.15) is 5.10 Å². The summed E-state index contributed by atoms with van der Waals surface area (Å²) in [6, 6.07) is 6.22. The zero-order valence-corrected chi connectivity index (χ0v) is 13.4. The number of hydrogen-bond donors (Lipinski definition) is 2. The van der Waals surface area contributed by atoms with E-state index in [9.17, 15) is 9.50 Å². The van der Waals surface area contributed by atoms with Gasteiger partial charge in [0.05, 0.1) is 17.4 Å². The van der Waals surface area contributed by atoms with E-state index in [-0.39, 0.29) is 12.1 Å². The zero-order chi connectivity index (χ0) is 16.8. The van der Waals surface area contributed by atoms with Crippen LogP contribution in [0.25, 0.3) is 0 Å². The van der Waals surface area contributed by atoms with E-state index in [1.807, 2.05) is 14.0 Å². The van der Waals surface area contributed by atoms with Crippen LogP contribution in [-0.4, -0.2) is 28.0 Å². The summed E-state index contributed by atoms with van der Waals surface area (Å²) in [6.45, 7) is 6.62. The smallest absolute Gasteiger partial charge is 0.216 e. The van der Waals surface area contributed by atoms with Crippen molar-refractivity contribution in [2.75, 3.05) is 13.2 Å². The quantitative estimate of drug-likeness (QED) is 0.733. The third-order valence-electron chi connectivity index (χ3n) is 3.53. The average molecular weight is 319 g/mol. The Balaban J connectivity index is 1.98. The van der Waals surface area contributed by atoms with Crippen LogP contribution in [0.2, 0.25) is 0 Å². The largest absolute Gasteiger partial charge is 0.473 e. The van der Waals surface area contributed by atoms with E-state index < -0.39 is 11.9 Å². The molecule has 0 saturated carbocycles. The zero-order valence-electron chi connectivity index (χ0n) is 13.4. The van der Waals surface area contributed by atoms with Crippen LogP contribution < -0.4 is 10.1 Å². The molecule has 0 aliphatic heterocycles. The molecule has 0 aliphatic carbocycles. The molecule has 0 aliphatic rings. The lowest BCUT2D eigenvalue weighted by atomic mass is 10.1. The third kappa shape index (κ3) is 4.18. The van der Waals surface area contributed by atoms with Crippen LogP contribution in [0, 0.1) is 12.7 Å². The van der Waals surface area contributed by atoms with Gasteiger partial charge >= 0.3 is 0 Å². The number of halogens is 1. The van der Waals surface area contributed by atoms with Gasteiger partial charge in [0.25, 0.3) is 0 Å². The number of rotatable bonds is 8. The molecule has 1 aromatic carbocycles. The fourth-order valence-corrected chi connectivity index (χ4v) is 2.39. The maximum absolute atomic E-state index is 13.6. The monoisotopic (exact) mass is 319 g/mol. The maximum Gasteiger partial charge on any atom is 0.216 e. The lowest BCUT2D eigenvalue weighted by Gasteiger charge is -2.13. The number of aliphatic hydroxyl groups excluding tert-OH is 1. The maximum atomic E-state index is 13.6. The third-order valence-corrected chi connectivity index (χ3v) is 3.53. The minimum Gasteiger partial charge on any atom is -0.473 e. The summed E-state index contributed by atoms with van der Waals surface area (Å²) < 4.78 is 20.9. The summed E-state index contributed by atoms with van der Waals surface area (Å²) >= 11 is 0. The van der Waals surface area contributed by atoms with Gasteiger partial charge in [-0.25, -0.2) is 9.07 Å². The number of nitrogens with one attached hydrogen (secondary N) is 1. The summed E-state index contributed by atoms with van der Waals surface area (Å²) in [5.74, 6) is 0.254. The van der Waals surface area contributed by atoms with Gasteiger partial charge in [-0.1, -0.05) is 30.9 Å². The Morgan fingerprint density at radius 1 is 1.48 bits per heavy atom. The molecule has 0 fully saturated rings. The average Bonchev–Trinajstić information content (AvgIpc) is 2.79. The first kappa shape index (κ1) is 17.2. The van der Waals surface area contributed by atoms with Crippen molar-refractivity contribution in [1.82, 2.24) is 15.1 Å². The first-order valence-electron chi connectivity index (χ1n) is 7.44. The van der Waals surface area contributed by atoms with Gasteiger partial charge in [-0.3, -0.25) is 0 Å². The molecule has 0 spiro atoms. The normalized spacial score (nSPS) is 12.2. The highest BCUT2D eigenvalue weighted by Crippen LogP contribution is 2.22. The minimum absolute atomic E-state index is 0.232. The van der Waals surface area contributed by atoms with Gasteiger partial charge in [0.2, 0.25) is 5.88 Å². The van der Waals surface area contributed by atoms with Gasteiger partial charge in [-0.15, -0.1) is 0 Å². The molecule has 23 heavy (non-hydrogen) atoms. The Kier molecular flexibility index (Phi) is 5.90. The van der Waals surface area contributed by atoms with E-state index in [0.29, 0.717) is 19.0 Å². The predicted octanol–water partition coefficient (Wildman–Crippen LogP) is 2.26. The highest BCUT2D eigenvalue weighted by atomic mass is 19.1. The van der Waals surface area contributed by atoms with Crippen LogP contribution in [0.5, 0.6) is 5.88 Å². The molecule has 124 valence electrons. The second-order valence-electron chi connectivity index (χ2n) is 5.26. The van der Waals surface area contributed by atoms with E-state index in [1.165, 1.54) is 6.07 Å². The number of aryl methyl sites for hydroxylation is 2. The van der Waals surface area contributed by atoms with E-state index in [1.54, 1.807) is 29.0 Å². The van der Waals surface area contributed by atoms with Crippen molar-refractivity contribution in [2.45, 2.75) is 19.6 Å². The molecular weight excluding hydrogens is 297 g/mol. The van der Waals surface area contributed by atoms with Gasteiger partial charge < -0.3 is 15.2 Å². The molecule has 2 N–H and O–H groups in total. The SMILES string of the molecule is C=CCOc1c(CNCC(O)c2ccccc2F)c(C)nn1C. The number of nitrogens with zero attached hydrogens (tertiary/aromatic N) is 2. The van der Waals surface area contributed by atoms with Crippen molar-refractivity contribution >= 4 is 0 Å². The van der Waals surface area contributed by atoms with E-state index >= 15 is 0 Å². The molecule has 2 rings (SSSR count). The molecule has 2 aromatic rings. The number of ether oxygens (including phenoxy) is 1. The van der Waals surface area contributed by atoms with Crippen molar-refractivity contribution < 1.29 is 14.2 Å². The van der Waals surface area contributed by atoms with Crippen LogP contribution in [-0.2, 0) is 13.6 Å². The molecule has 1 atom stereocenters. The first-order chi connectivity index (χ1) is 11.0. The van der Waals surface area contributed by atoms with Crippen LogP contribution in [0.4, 0.5) is 4.39 Å². The summed E-state index contributed by atoms with van der Waals surface area (Å²) in [6.07, 6.45) is 0.757. The van der Waals surface area contributed by atoms with Gasteiger partial charge in [0.15, 0.2) is 0 Å². The number of aromatic nitrogens is 2. The minimum atomic E-state index is -0.911. The number of aliphatic hydroxyl groups is 1. The van der Waals surface area contributed by atoms with Crippen molar-refractivity contribution in [1.29, 1.82) is 0 Å². The summed E-state index contributed by atoms with van der Waals surface area (Å²) in [5, 5.41) is 17.5. The Hall–Kier alpha value is -2.18. The molecule has 1 unspecified atom stereocenters. The van der Waals surface area contributed by atoms with Crippen molar-refractivity contribution in [2.24, 2.45) is 7.05 Å². The predicted molar refractivity (Wildman–Crippen MR) is 86.7 cm³/mol. The van der Waals surface area contributed by atoms with Crippen molar-refractivity contribution in [3.8, 4) is 5.88 Å². The molecular formula is C17H22FN3O2. The molecule has 1 heterocycles. The molecule has 0 amide bonds. The lowest BCUT2D eigenvalue weighted by Crippen LogP contribution is -2.22. The lowest BCUT2D eigenvalue weighted by molar-refractivity contribution is 0.169. The van der Waals surface area contributed by atoms with Crippen LogP contribution in [0.15, 0.2) is 36.9 Å². The molecule has 0 saturated heterocycles. The fraction of sp³-hybridized carbons (Fsp3) is 0.353. The molecule has 0 radical (unpaired) electrons. The second kappa shape index (κ2) is 7.89. The van der Waals surface area contributed by atoms with E-state index in [0.717, 1.165) is 11.3 Å². The summed E-state index contributed by atoms with van der Waals surface area (Å²) in [4.78, 5) is 0. The first-order valence-corrected chi connectivity index (χ1v) is 7.44. The molecule has 5 nitrogen and oxygen atoms in total. The summed E-state index contributed by atoms with van der Waals surface area (Å²) in [7, 11) is 1.81. The number of hydrogen-bond acceptors (Lipinski definition) is 4. The Bertz CT molecular complexity index is 670. The van der Waals surface area contributed by atoms with Gasteiger partial charge in [0, 0.05) is 25.7 Å². The topological polar surface area (TPSA) is 59.3 Å². The summed E-state index contributed by atoms with van der Waals surface area (Å²) in [5.41, 5.74) is 2.04. The second-order valence-corrected chi connectivity index (χ2v) is 5.26. The highest BCUT2D eigenvalue weighted by Gasteiger charge is 2.16. The Labute approximate surface area is 135 Å². The van der Waals surface area contributed by atoms with Gasteiger partial charge in [0.1, 0.15) is 12.4 Å². The number of benzene rings is 1. The highest BCUT2D eigenvalue weighted by molar-refractivity contribution is 5.31. The van der Waals surface area contributed by atoms with Gasteiger partial charge in [-0.05, 0) is 13.0 Å². The van der Waals surface area contributed by atoms with Crippen molar-refractivity contribution in [3.63, 3.8) is 0 Å². The molecule has 1 aromatic heterocycles. The van der Waals surface area contributed by atoms with E-state index in [4.69, 9.17) is 4.74 Å². The Morgan fingerprint density at radius 2 is 2.22 bits per heavy atom. The van der Waals surface area contributed by atoms with E-state index in [2.05, 4.69) is 17.0 Å². The molecule has 6 heteroatoms.